The Kier molecular flexibility index (Phi) is 14.5. The molecule has 0 aliphatic heterocycles. The molecule has 0 fully saturated rings. The van der Waals surface area contributed by atoms with Gasteiger partial charge in [-0.2, -0.15) is 0 Å². The van der Waals surface area contributed by atoms with Gasteiger partial charge in [-0.1, -0.05) is 107 Å². The van der Waals surface area contributed by atoms with Crippen molar-refractivity contribution in [3.05, 3.63) is 89.1 Å². The zero-order valence-corrected chi connectivity index (χ0v) is 23.7. The van der Waals surface area contributed by atoms with Gasteiger partial charge >= 0.3 is 0 Å². The molecule has 4 heteroatoms. The average molecular weight is 501 g/mol. The quantitative estimate of drug-likeness (QED) is 0.328. The number of allylic oxidation sites excluding steroid dienone is 1. The molecule has 0 spiro atoms. The first-order valence-electron chi connectivity index (χ1n) is 13.3. The lowest BCUT2D eigenvalue weighted by molar-refractivity contribution is 0.0962. The van der Waals surface area contributed by atoms with Crippen molar-refractivity contribution in [3.8, 4) is 22.4 Å². The second-order valence-electron chi connectivity index (χ2n) is 8.27. The Morgan fingerprint density at radius 2 is 1.54 bits per heavy atom. The highest BCUT2D eigenvalue weighted by Crippen LogP contribution is 2.32. The molecular formula is C33H44N2O2. The number of nitrogens with one attached hydrogen (secondary N) is 1. The van der Waals surface area contributed by atoms with Crippen LogP contribution in [0.2, 0.25) is 0 Å². The van der Waals surface area contributed by atoms with E-state index in [9.17, 15) is 4.79 Å². The third-order valence-corrected chi connectivity index (χ3v) is 5.76. The Bertz CT molecular complexity index is 1140. The maximum absolute atomic E-state index is 12.8. The number of hydrogen-bond donors (Lipinski definition) is 2. The van der Waals surface area contributed by atoms with Crippen molar-refractivity contribution in [1.82, 2.24) is 10.3 Å². The van der Waals surface area contributed by atoms with Crippen molar-refractivity contribution in [3.63, 3.8) is 0 Å². The van der Waals surface area contributed by atoms with Crippen LogP contribution in [0.4, 0.5) is 0 Å². The van der Waals surface area contributed by atoms with Crippen LogP contribution >= 0.6 is 0 Å². The fraction of sp³-hybridized carbons (Fsp3) is 0.333. The number of carbonyl (C=O) groups excluding carboxylic acids is 1. The summed E-state index contributed by atoms with van der Waals surface area (Å²) in [7, 11) is 1.65. The van der Waals surface area contributed by atoms with E-state index in [1.165, 1.54) is 11.1 Å². The van der Waals surface area contributed by atoms with Gasteiger partial charge in [0, 0.05) is 24.8 Å². The largest absolute Gasteiger partial charge is 0.396 e. The Labute approximate surface area is 224 Å². The Morgan fingerprint density at radius 3 is 1.95 bits per heavy atom. The van der Waals surface area contributed by atoms with Crippen molar-refractivity contribution >= 4 is 18.1 Å². The van der Waals surface area contributed by atoms with E-state index >= 15 is 0 Å². The van der Waals surface area contributed by atoms with Gasteiger partial charge in [0.1, 0.15) is 0 Å². The highest BCUT2D eigenvalue weighted by Gasteiger charge is 2.21. The number of aromatic nitrogens is 1. The van der Waals surface area contributed by atoms with Gasteiger partial charge in [-0.3, -0.25) is 4.79 Å². The molecule has 4 nitrogen and oxygen atoms in total. The van der Waals surface area contributed by atoms with E-state index < -0.39 is 0 Å². The molecule has 0 aliphatic carbocycles. The van der Waals surface area contributed by atoms with E-state index in [1.807, 2.05) is 32.9 Å². The molecule has 2 N–H and O–H groups in total. The van der Waals surface area contributed by atoms with Crippen LogP contribution < -0.4 is 5.32 Å². The van der Waals surface area contributed by atoms with Gasteiger partial charge in [-0.15, -0.1) is 0 Å². The monoisotopic (exact) mass is 500 g/mol. The molecule has 1 heterocycles. The first-order chi connectivity index (χ1) is 17.9. The van der Waals surface area contributed by atoms with E-state index in [0.717, 1.165) is 46.5 Å². The Hall–Kier alpha value is -3.50. The number of carbonyl (C=O) groups is 1. The predicted molar refractivity (Wildman–Crippen MR) is 161 cm³/mol. The minimum atomic E-state index is -0.118. The van der Waals surface area contributed by atoms with Crippen LogP contribution in [0.5, 0.6) is 0 Å². The maximum Gasteiger partial charge on any atom is 0.252 e. The number of pyridine rings is 1. The number of aryl methyl sites for hydroxylation is 1. The normalized spacial score (nSPS) is 10.2. The summed E-state index contributed by atoms with van der Waals surface area (Å²) in [6.07, 6.45) is 8.31. The standard InChI is InChI=1S/C27H28N2O.C4H10O.C2H6/c1-6-9-24-22(7-2)25(27(30)28-5)23(8-3)26(29-24)21-16-14-20(15-17-21)19-12-10-18(4)11-13-19;1-2-3-4-5;1-2/h6-7,9-17H,2,8H2,1,3-5H3,(H,28,30);5H,2-4H2,1H3;1-2H3/b9-6-;;. The number of unbranched alkanes of at least 4 members (excludes halogenated alkanes) is 1. The number of hydrogen-bond acceptors (Lipinski definition) is 3. The fourth-order valence-corrected chi connectivity index (χ4v) is 3.84. The summed E-state index contributed by atoms with van der Waals surface area (Å²) in [6, 6.07) is 16.9. The highest BCUT2D eigenvalue weighted by atomic mass is 16.2. The molecule has 0 unspecified atom stereocenters. The molecule has 37 heavy (non-hydrogen) atoms. The molecule has 3 rings (SSSR count). The lowest BCUT2D eigenvalue weighted by Gasteiger charge is -2.18. The van der Waals surface area contributed by atoms with Crippen molar-refractivity contribution < 1.29 is 9.90 Å². The van der Waals surface area contributed by atoms with Gasteiger partial charge in [-0.05, 0) is 49.5 Å². The van der Waals surface area contributed by atoms with E-state index in [-0.39, 0.29) is 5.91 Å². The number of amides is 1. The van der Waals surface area contributed by atoms with Crippen molar-refractivity contribution in [2.45, 2.75) is 60.8 Å². The summed E-state index contributed by atoms with van der Waals surface area (Å²) in [4.78, 5) is 17.7. The van der Waals surface area contributed by atoms with Gasteiger partial charge in [0.15, 0.2) is 0 Å². The molecule has 0 atom stereocenters. The van der Waals surface area contributed by atoms with Gasteiger partial charge in [0.05, 0.1) is 17.0 Å². The first-order valence-corrected chi connectivity index (χ1v) is 13.3. The third-order valence-electron chi connectivity index (χ3n) is 5.76. The smallest absolute Gasteiger partial charge is 0.252 e. The minimum absolute atomic E-state index is 0.118. The lowest BCUT2D eigenvalue weighted by Crippen LogP contribution is -2.22. The number of nitrogens with zero attached hydrogens (tertiary/aromatic N) is 1. The van der Waals surface area contributed by atoms with Crippen LogP contribution in [0, 0.1) is 6.92 Å². The zero-order valence-electron chi connectivity index (χ0n) is 23.7. The maximum atomic E-state index is 12.8. The van der Waals surface area contributed by atoms with E-state index in [4.69, 9.17) is 10.1 Å². The van der Waals surface area contributed by atoms with Crippen LogP contribution in [0.15, 0.2) is 61.2 Å². The summed E-state index contributed by atoms with van der Waals surface area (Å²) in [5.41, 5.74) is 8.51. The topological polar surface area (TPSA) is 62.2 Å². The van der Waals surface area contributed by atoms with Gasteiger partial charge in [0.25, 0.3) is 5.91 Å². The van der Waals surface area contributed by atoms with Crippen LogP contribution in [0.3, 0.4) is 0 Å². The molecule has 1 aromatic heterocycles. The molecule has 0 saturated carbocycles. The number of benzene rings is 2. The fourth-order valence-electron chi connectivity index (χ4n) is 3.84. The molecule has 0 radical (unpaired) electrons. The van der Waals surface area contributed by atoms with E-state index in [0.29, 0.717) is 18.6 Å². The molecule has 198 valence electrons. The van der Waals surface area contributed by atoms with Crippen LogP contribution in [-0.2, 0) is 6.42 Å². The second kappa shape index (κ2) is 17.0. The first kappa shape index (κ1) is 31.5. The molecule has 3 aromatic rings. The molecule has 1 amide bonds. The third kappa shape index (κ3) is 8.54. The van der Waals surface area contributed by atoms with Crippen LogP contribution in [0.25, 0.3) is 34.5 Å². The van der Waals surface area contributed by atoms with Gasteiger partial charge in [0.2, 0.25) is 0 Å². The van der Waals surface area contributed by atoms with Crippen molar-refractivity contribution in [1.29, 1.82) is 0 Å². The number of aliphatic hydroxyl groups is 1. The molecular weight excluding hydrogens is 456 g/mol. The summed E-state index contributed by atoms with van der Waals surface area (Å²) in [5.74, 6) is -0.118. The van der Waals surface area contributed by atoms with E-state index in [2.05, 4.69) is 81.2 Å². The molecule has 2 aromatic carbocycles. The Balaban J connectivity index is 0.000000874. The summed E-state index contributed by atoms with van der Waals surface area (Å²) in [6.45, 7) is 16.4. The van der Waals surface area contributed by atoms with Crippen LogP contribution in [0.1, 0.15) is 80.2 Å². The van der Waals surface area contributed by atoms with Crippen molar-refractivity contribution in [2.24, 2.45) is 0 Å². The summed E-state index contributed by atoms with van der Waals surface area (Å²) < 4.78 is 0. The molecule has 0 saturated heterocycles. The second-order valence-corrected chi connectivity index (χ2v) is 8.27. The van der Waals surface area contributed by atoms with E-state index in [1.54, 1.807) is 13.1 Å². The lowest BCUT2D eigenvalue weighted by atomic mass is 9.92. The predicted octanol–water partition coefficient (Wildman–Crippen LogP) is 8.13. The number of rotatable bonds is 8. The summed E-state index contributed by atoms with van der Waals surface area (Å²) in [5, 5.41) is 10.8. The summed E-state index contributed by atoms with van der Waals surface area (Å²) >= 11 is 0. The molecule has 0 bridgehead atoms. The molecule has 0 aliphatic rings. The highest BCUT2D eigenvalue weighted by molar-refractivity contribution is 6.01. The van der Waals surface area contributed by atoms with Gasteiger partial charge in [-0.25, -0.2) is 4.98 Å². The minimum Gasteiger partial charge on any atom is -0.396 e. The number of aliphatic hydroxyl groups excluding tert-OH is 1. The zero-order chi connectivity index (χ0) is 27.8. The van der Waals surface area contributed by atoms with Gasteiger partial charge < -0.3 is 10.4 Å². The average Bonchev–Trinajstić information content (AvgIpc) is 2.94. The van der Waals surface area contributed by atoms with Crippen molar-refractivity contribution in [2.75, 3.05) is 13.7 Å². The Morgan fingerprint density at radius 1 is 1.00 bits per heavy atom. The van der Waals surface area contributed by atoms with Crippen LogP contribution in [-0.4, -0.2) is 29.7 Å². The SMILES string of the molecule is C=Cc1c(/C=C\C)nc(-c2ccc(-c3ccc(C)cc3)cc2)c(CC)c1C(=O)NC.CC.CCCCO.